The largest absolute Gasteiger partial charge is 0.481 e. The van der Waals surface area contributed by atoms with Gasteiger partial charge in [0.15, 0.2) is 0 Å². The number of nitrogens with zero attached hydrogens (tertiary/aromatic N) is 2. The Kier molecular flexibility index (Phi) is 3.88. The molecule has 1 aliphatic heterocycles. The Morgan fingerprint density at radius 1 is 1.43 bits per heavy atom. The molecule has 0 aromatic heterocycles. The van der Waals surface area contributed by atoms with E-state index >= 15 is 0 Å². The lowest BCUT2D eigenvalue weighted by Crippen LogP contribution is -2.30. The molecule has 1 aromatic carbocycles. The molecule has 1 saturated heterocycles. The molecule has 1 heterocycles. The molecule has 0 spiro atoms. The summed E-state index contributed by atoms with van der Waals surface area (Å²) < 4.78 is 13.8. The van der Waals surface area contributed by atoms with Gasteiger partial charge in [-0.15, -0.1) is 0 Å². The van der Waals surface area contributed by atoms with Crippen LogP contribution >= 0.6 is 0 Å². The molecular formula is C13H13FN2O5. The lowest BCUT2D eigenvalue weighted by atomic mass is 9.99. The zero-order valence-corrected chi connectivity index (χ0v) is 11.2. The minimum atomic E-state index is -0.998. The van der Waals surface area contributed by atoms with Crippen molar-refractivity contribution in [2.24, 2.45) is 11.8 Å². The summed E-state index contributed by atoms with van der Waals surface area (Å²) in [6.07, 6.45) is 0. The lowest BCUT2D eigenvalue weighted by molar-refractivity contribution is -0.385. The highest BCUT2D eigenvalue weighted by atomic mass is 19.1. The number of benzene rings is 1. The second-order valence-corrected chi connectivity index (χ2v) is 5.05. The Morgan fingerprint density at radius 2 is 2.10 bits per heavy atom. The Hall–Kier alpha value is -2.51. The quantitative estimate of drug-likeness (QED) is 0.673. The maximum absolute atomic E-state index is 13.8. The van der Waals surface area contributed by atoms with Gasteiger partial charge in [-0.1, -0.05) is 6.92 Å². The van der Waals surface area contributed by atoms with Gasteiger partial charge >= 0.3 is 5.97 Å². The third-order valence-electron chi connectivity index (χ3n) is 3.61. The molecule has 1 N–H and O–H groups in total. The van der Waals surface area contributed by atoms with Crippen molar-refractivity contribution in [1.29, 1.82) is 0 Å². The summed E-state index contributed by atoms with van der Waals surface area (Å²) in [7, 11) is 0. The van der Waals surface area contributed by atoms with Gasteiger partial charge in [-0.25, -0.2) is 4.39 Å². The number of carbonyl (C=O) groups is 2. The van der Waals surface area contributed by atoms with Crippen molar-refractivity contribution in [3.63, 3.8) is 0 Å². The van der Waals surface area contributed by atoms with Gasteiger partial charge in [0.05, 0.1) is 22.5 Å². The van der Waals surface area contributed by atoms with E-state index in [1.165, 1.54) is 4.90 Å². The second-order valence-electron chi connectivity index (χ2n) is 5.05. The summed E-state index contributed by atoms with van der Waals surface area (Å²) in [4.78, 5) is 34.2. The first-order valence-corrected chi connectivity index (χ1v) is 6.27. The zero-order valence-electron chi connectivity index (χ0n) is 11.2. The standard InChI is InChI=1S/C13H13FN2O5/c1-7-5-15(6-10(7)13(18)19)12(17)9-3-2-8(16(20)21)4-11(9)14/h2-4,7,10H,5-6H2,1H3,(H,18,19). The number of rotatable bonds is 3. The number of carboxylic acid groups (broad SMARTS) is 1. The van der Waals surface area contributed by atoms with E-state index in [0.717, 1.165) is 12.1 Å². The van der Waals surface area contributed by atoms with Gasteiger partial charge in [0.2, 0.25) is 0 Å². The summed E-state index contributed by atoms with van der Waals surface area (Å²) in [6.45, 7) is 1.93. The highest BCUT2D eigenvalue weighted by Crippen LogP contribution is 2.26. The number of hydrogen-bond acceptors (Lipinski definition) is 4. The molecule has 21 heavy (non-hydrogen) atoms. The van der Waals surface area contributed by atoms with Gasteiger partial charge in [0.25, 0.3) is 11.6 Å². The number of nitro groups is 1. The minimum Gasteiger partial charge on any atom is -0.481 e. The zero-order chi connectivity index (χ0) is 15.7. The number of amides is 1. The summed E-state index contributed by atoms with van der Waals surface area (Å²) >= 11 is 0. The van der Waals surface area contributed by atoms with Crippen LogP contribution in [0.2, 0.25) is 0 Å². The predicted molar refractivity (Wildman–Crippen MR) is 69.2 cm³/mol. The molecule has 1 aromatic rings. The smallest absolute Gasteiger partial charge is 0.308 e. The highest BCUT2D eigenvalue weighted by molar-refractivity contribution is 5.95. The first-order chi connectivity index (χ1) is 9.81. The molecule has 7 nitrogen and oxygen atoms in total. The number of likely N-dealkylation sites (tertiary alicyclic amines) is 1. The molecule has 2 rings (SSSR count). The van der Waals surface area contributed by atoms with E-state index in [1.54, 1.807) is 6.92 Å². The number of hydrogen-bond donors (Lipinski definition) is 1. The molecule has 0 saturated carbocycles. The van der Waals surface area contributed by atoms with E-state index in [9.17, 15) is 24.1 Å². The van der Waals surface area contributed by atoms with Crippen LogP contribution in [0.3, 0.4) is 0 Å². The van der Waals surface area contributed by atoms with Gasteiger partial charge in [-0.3, -0.25) is 19.7 Å². The van der Waals surface area contributed by atoms with Crippen LogP contribution in [0, 0.1) is 27.8 Å². The van der Waals surface area contributed by atoms with Crippen LogP contribution in [0.15, 0.2) is 18.2 Å². The van der Waals surface area contributed by atoms with Crippen molar-refractivity contribution >= 4 is 17.6 Å². The van der Waals surface area contributed by atoms with Crippen molar-refractivity contribution in [2.45, 2.75) is 6.92 Å². The molecule has 1 fully saturated rings. The van der Waals surface area contributed by atoms with E-state index in [2.05, 4.69) is 0 Å². The number of non-ortho nitro benzene ring substituents is 1. The monoisotopic (exact) mass is 296 g/mol. The number of aliphatic carboxylic acids is 1. The summed E-state index contributed by atoms with van der Waals surface area (Å²) in [6, 6.07) is 2.78. The first kappa shape index (κ1) is 14.9. The first-order valence-electron chi connectivity index (χ1n) is 6.27. The Morgan fingerprint density at radius 3 is 2.57 bits per heavy atom. The second kappa shape index (κ2) is 5.47. The molecule has 1 aliphatic rings. The summed E-state index contributed by atoms with van der Waals surface area (Å²) in [5, 5.41) is 19.5. The van der Waals surface area contributed by atoms with Crippen LogP contribution in [-0.2, 0) is 4.79 Å². The molecule has 0 aliphatic carbocycles. The van der Waals surface area contributed by atoms with E-state index in [-0.39, 0.29) is 24.6 Å². The van der Waals surface area contributed by atoms with Crippen molar-refractivity contribution in [3.05, 3.63) is 39.7 Å². The predicted octanol–water partition coefficient (Wildman–Crippen LogP) is 1.53. The van der Waals surface area contributed by atoms with Gasteiger partial charge in [0.1, 0.15) is 5.82 Å². The fraction of sp³-hybridized carbons (Fsp3) is 0.385. The van der Waals surface area contributed by atoms with Gasteiger partial charge < -0.3 is 10.0 Å². The third-order valence-corrected chi connectivity index (χ3v) is 3.61. The summed E-state index contributed by atoms with van der Waals surface area (Å²) in [5.74, 6) is -3.55. The topological polar surface area (TPSA) is 101 Å². The maximum Gasteiger partial charge on any atom is 0.308 e. The van der Waals surface area contributed by atoms with E-state index in [1.807, 2.05) is 0 Å². The SMILES string of the molecule is CC1CN(C(=O)c2ccc([N+](=O)[O-])cc2F)CC1C(=O)O. The fourth-order valence-electron chi connectivity index (χ4n) is 2.42. The van der Waals surface area contributed by atoms with E-state index < -0.39 is 34.2 Å². The molecule has 1 amide bonds. The fourth-order valence-corrected chi connectivity index (χ4v) is 2.42. The van der Waals surface area contributed by atoms with Crippen LogP contribution < -0.4 is 0 Å². The number of carboxylic acids is 1. The molecule has 8 heteroatoms. The normalized spacial score (nSPS) is 21.3. The molecule has 2 unspecified atom stereocenters. The summed E-state index contributed by atoms with van der Waals surface area (Å²) in [5.41, 5.74) is -0.735. The molecule has 0 bridgehead atoms. The van der Waals surface area contributed by atoms with Crippen LogP contribution in [0.5, 0.6) is 0 Å². The number of halogens is 1. The average molecular weight is 296 g/mol. The van der Waals surface area contributed by atoms with Crippen molar-refractivity contribution in [1.82, 2.24) is 4.90 Å². The van der Waals surface area contributed by atoms with Gasteiger partial charge in [-0.2, -0.15) is 0 Å². The van der Waals surface area contributed by atoms with Crippen LogP contribution in [-0.4, -0.2) is 39.9 Å². The van der Waals surface area contributed by atoms with Crippen LogP contribution in [0.25, 0.3) is 0 Å². The minimum absolute atomic E-state index is 0.00572. The Labute approximate surface area is 119 Å². The maximum atomic E-state index is 13.8. The Bertz CT molecular complexity index is 619. The molecular weight excluding hydrogens is 283 g/mol. The van der Waals surface area contributed by atoms with E-state index in [4.69, 9.17) is 5.11 Å². The highest BCUT2D eigenvalue weighted by Gasteiger charge is 2.37. The average Bonchev–Trinajstić information content (AvgIpc) is 2.80. The molecule has 112 valence electrons. The lowest BCUT2D eigenvalue weighted by Gasteiger charge is -2.16. The number of carbonyl (C=O) groups excluding carboxylic acids is 1. The van der Waals surface area contributed by atoms with Gasteiger partial charge in [-0.05, 0) is 12.0 Å². The number of nitro benzene ring substituents is 1. The van der Waals surface area contributed by atoms with Crippen LogP contribution in [0.1, 0.15) is 17.3 Å². The molecule has 0 radical (unpaired) electrons. The van der Waals surface area contributed by atoms with E-state index in [0.29, 0.717) is 6.07 Å². The van der Waals surface area contributed by atoms with Crippen molar-refractivity contribution < 1.29 is 24.0 Å². The Balaban J connectivity index is 2.22. The molecule has 2 atom stereocenters. The third kappa shape index (κ3) is 2.83. The van der Waals surface area contributed by atoms with Crippen LogP contribution in [0.4, 0.5) is 10.1 Å². The van der Waals surface area contributed by atoms with Gasteiger partial charge in [0, 0.05) is 19.2 Å². The van der Waals surface area contributed by atoms with Crippen molar-refractivity contribution in [2.75, 3.05) is 13.1 Å². The van der Waals surface area contributed by atoms with Crippen molar-refractivity contribution in [3.8, 4) is 0 Å².